The molecule has 0 aliphatic rings. The van der Waals surface area contributed by atoms with Crippen LogP contribution in [0.3, 0.4) is 0 Å². The van der Waals surface area contributed by atoms with Crippen LogP contribution < -0.4 is 10.8 Å². The number of hydrogen-bond donors (Lipinski definition) is 2. The molecule has 0 heterocycles. The molecule has 0 aliphatic carbocycles. The molecule has 0 unspecified atom stereocenters. The molecule has 14 heavy (non-hydrogen) atoms. The molecule has 5 heteroatoms. The molecule has 1 rings (SSSR count). The van der Waals surface area contributed by atoms with Crippen LogP contribution in [0.1, 0.15) is 0 Å². The highest BCUT2D eigenvalue weighted by Crippen LogP contribution is 2.14. The van der Waals surface area contributed by atoms with Crippen molar-refractivity contribution in [1.29, 1.82) is 0 Å². The van der Waals surface area contributed by atoms with Crippen LogP contribution in [0.25, 0.3) is 0 Å². The van der Waals surface area contributed by atoms with Gasteiger partial charge in [0, 0.05) is 10.7 Å². The van der Waals surface area contributed by atoms with Gasteiger partial charge in [-0.1, -0.05) is 17.7 Å². The monoisotopic (exact) mass is 214 g/mol. The molecule has 0 atom stereocenters. The van der Waals surface area contributed by atoms with Crippen LogP contribution >= 0.6 is 11.6 Å². The lowest BCUT2D eigenvalue weighted by atomic mass is 10.3. The normalized spacial score (nSPS) is 9.86. The molecule has 0 saturated heterocycles. The minimum atomic E-state index is -0.186. The summed E-state index contributed by atoms with van der Waals surface area (Å²) in [6.07, 6.45) is 0. The Balaban J connectivity index is 2.47. The molecule has 76 valence electrons. The van der Waals surface area contributed by atoms with Gasteiger partial charge in [-0.05, 0) is 18.2 Å². The van der Waals surface area contributed by atoms with Crippen molar-refractivity contribution in [3.05, 3.63) is 29.3 Å². The maximum absolute atomic E-state index is 11.2. The van der Waals surface area contributed by atoms with Gasteiger partial charge in [0.15, 0.2) is 0 Å². The molecule has 0 bridgehead atoms. The Hall–Kier alpha value is -1.10. The Morgan fingerprint density at radius 2 is 2.36 bits per heavy atom. The Labute approximate surface area is 87.2 Å². The Morgan fingerprint density at radius 1 is 1.57 bits per heavy atom. The van der Waals surface area contributed by atoms with Gasteiger partial charge in [-0.25, -0.2) is 0 Å². The van der Waals surface area contributed by atoms with E-state index >= 15 is 0 Å². The molecule has 1 amide bonds. The molecular weight excluding hydrogens is 204 g/mol. The number of rotatable bonds is 4. The maximum Gasteiger partial charge on any atom is 0.240 e. The van der Waals surface area contributed by atoms with Gasteiger partial charge in [-0.3, -0.25) is 4.79 Å². The first-order chi connectivity index (χ1) is 6.72. The number of halogens is 1. The van der Waals surface area contributed by atoms with E-state index in [1.54, 1.807) is 24.3 Å². The molecule has 1 aromatic rings. The van der Waals surface area contributed by atoms with Crippen molar-refractivity contribution in [2.75, 3.05) is 19.0 Å². The molecule has 0 spiro atoms. The number of anilines is 1. The molecule has 0 radical (unpaired) electrons. The van der Waals surface area contributed by atoms with Gasteiger partial charge >= 0.3 is 0 Å². The van der Waals surface area contributed by atoms with Crippen molar-refractivity contribution in [1.82, 2.24) is 5.48 Å². The molecule has 2 N–H and O–H groups in total. The summed E-state index contributed by atoms with van der Waals surface area (Å²) in [6, 6.07) is 6.94. The van der Waals surface area contributed by atoms with Gasteiger partial charge < -0.3 is 10.2 Å². The van der Waals surface area contributed by atoms with E-state index in [0.29, 0.717) is 10.7 Å². The molecule has 0 aromatic heterocycles. The van der Waals surface area contributed by atoms with Crippen molar-refractivity contribution in [2.24, 2.45) is 0 Å². The summed E-state index contributed by atoms with van der Waals surface area (Å²) in [6.45, 7) is 0.100. The van der Waals surface area contributed by atoms with E-state index in [1.807, 2.05) is 0 Å². The van der Waals surface area contributed by atoms with Gasteiger partial charge in [0.05, 0.1) is 7.11 Å². The van der Waals surface area contributed by atoms with Gasteiger partial charge in [-0.2, -0.15) is 5.48 Å². The molecule has 0 aliphatic heterocycles. The second-order valence-electron chi connectivity index (χ2n) is 2.58. The minimum absolute atomic E-state index is 0.100. The molecular formula is C9H11ClN2O2. The molecule has 0 fully saturated rings. The summed E-state index contributed by atoms with van der Waals surface area (Å²) >= 11 is 5.74. The summed E-state index contributed by atoms with van der Waals surface area (Å²) in [5.74, 6) is -0.186. The summed E-state index contributed by atoms with van der Waals surface area (Å²) in [7, 11) is 1.45. The van der Waals surface area contributed by atoms with Crippen LogP contribution in [0.2, 0.25) is 5.02 Å². The van der Waals surface area contributed by atoms with Crippen LogP contribution in [-0.2, 0) is 9.63 Å². The van der Waals surface area contributed by atoms with E-state index in [2.05, 4.69) is 15.6 Å². The predicted molar refractivity (Wildman–Crippen MR) is 55.1 cm³/mol. The first kappa shape index (κ1) is 11.0. The summed E-state index contributed by atoms with van der Waals surface area (Å²) in [5.41, 5.74) is 3.10. The van der Waals surface area contributed by atoms with E-state index in [1.165, 1.54) is 7.11 Å². The number of carbonyl (C=O) groups is 1. The molecule has 1 aromatic carbocycles. The van der Waals surface area contributed by atoms with E-state index < -0.39 is 0 Å². The zero-order valence-corrected chi connectivity index (χ0v) is 8.47. The second-order valence-corrected chi connectivity index (χ2v) is 3.02. The number of benzene rings is 1. The zero-order chi connectivity index (χ0) is 10.4. The standard InChI is InChI=1S/C9H11ClN2O2/c1-14-11-6-9(13)12-8-4-2-3-7(10)5-8/h2-5,11H,6H2,1H3,(H,12,13). The third-order valence-corrected chi connectivity index (χ3v) is 1.72. The fourth-order valence-electron chi connectivity index (χ4n) is 0.909. The Morgan fingerprint density at radius 3 is 3.00 bits per heavy atom. The quantitative estimate of drug-likeness (QED) is 0.746. The lowest BCUT2D eigenvalue weighted by Gasteiger charge is -2.05. The Bertz CT molecular complexity index is 317. The first-order valence-electron chi connectivity index (χ1n) is 4.03. The van der Waals surface area contributed by atoms with Crippen LogP contribution in [-0.4, -0.2) is 19.6 Å². The highest BCUT2D eigenvalue weighted by Gasteiger charge is 2.01. The van der Waals surface area contributed by atoms with Gasteiger partial charge in [0.1, 0.15) is 6.54 Å². The zero-order valence-electron chi connectivity index (χ0n) is 7.71. The fourth-order valence-corrected chi connectivity index (χ4v) is 1.10. The lowest BCUT2D eigenvalue weighted by molar-refractivity contribution is -0.117. The predicted octanol–water partition coefficient (Wildman–Crippen LogP) is 1.43. The molecule has 0 saturated carbocycles. The Kier molecular flexibility index (Phi) is 4.39. The van der Waals surface area contributed by atoms with Crippen molar-refractivity contribution in [3.63, 3.8) is 0 Å². The van der Waals surface area contributed by atoms with Crippen molar-refractivity contribution in [2.45, 2.75) is 0 Å². The summed E-state index contributed by atoms with van der Waals surface area (Å²) in [4.78, 5) is 15.7. The van der Waals surface area contributed by atoms with Crippen molar-refractivity contribution < 1.29 is 9.63 Å². The number of amides is 1. The lowest BCUT2D eigenvalue weighted by Crippen LogP contribution is -2.27. The van der Waals surface area contributed by atoms with E-state index in [9.17, 15) is 4.79 Å². The van der Waals surface area contributed by atoms with Gasteiger partial charge in [0.2, 0.25) is 5.91 Å². The maximum atomic E-state index is 11.2. The first-order valence-corrected chi connectivity index (χ1v) is 4.41. The number of hydrogen-bond acceptors (Lipinski definition) is 3. The fraction of sp³-hybridized carbons (Fsp3) is 0.222. The van der Waals surface area contributed by atoms with Crippen molar-refractivity contribution in [3.8, 4) is 0 Å². The molecule has 4 nitrogen and oxygen atoms in total. The summed E-state index contributed by atoms with van der Waals surface area (Å²) < 4.78 is 0. The topological polar surface area (TPSA) is 50.4 Å². The van der Waals surface area contributed by atoms with E-state index in [0.717, 1.165) is 0 Å². The van der Waals surface area contributed by atoms with Crippen LogP contribution in [0.5, 0.6) is 0 Å². The van der Waals surface area contributed by atoms with Gasteiger partial charge in [0.25, 0.3) is 0 Å². The highest BCUT2D eigenvalue weighted by molar-refractivity contribution is 6.30. The van der Waals surface area contributed by atoms with E-state index in [-0.39, 0.29) is 12.5 Å². The van der Waals surface area contributed by atoms with Crippen molar-refractivity contribution >= 4 is 23.2 Å². The number of hydroxylamine groups is 1. The smallest absolute Gasteiger partial charge is 0.240 e. The van der Waals surface area contributed by atoms with Crippen LogP contribution in [0.15, 0.2) is 24.3 Å². The van der Waals surface area contributed by atoms with E-state index in [4.69, 9.17) is 11.6 Å². The minimum Gasteiger partial charge on any atom is -0.325 e. The number of carbonyl (C=O) groups excluding carboxylic acids is 1. The highest BCUT2D eigenvalue weighted by atomic mass is 35.5. The van der Waals surface area contributed by atoms with Gasteiger partial charge in [-0.15, -0.1) is 0 Å². The van der Waals surface area contributed by atoms with Crippen LogP contribution in [0, 0.1) is 0 Å². The average molecular weight is 215 g/mol. The summed E-state index contributed by atoms with van der Waals surface area (Å²) in [5, 5.41) is 3.24. The SMILES string of the molecule is CONCC(=O)Nc1cccc(Cl)c1. The largest absolute Gasteiger partial charge is 0.325 e. The third-order valence-electron chi connectivity index (χ3n) is 1.49. The third kappa shape index (κ3) is 3.74. The number of nitrogens with one attached hydrogen (secondary N) is 2. The second kappa shape index (κ2) is 5.59. The van der Waals surface area contributed by atoms with Crippen LogP contribution in [0.4, 0.5) is 5.69 Å². The average Bonchev–Trinajstić information content (AvgIpc) is 2.15.